The molecule has 2 nitrogen and oxygen atoms in total. The lowest BCUT2D eigenvalue weighted by molar-refractivity contribution is 0.416. The van der Waals surface area contributed by atoms with Crippen LogP contribution < -0.4 is 10.1 Å². The van der Waals surface area contributed by atoms with Crippen LogP contribution in [0.1, 0.15) is 26.3 Å². The highest BCUT2D eigenvalue weighted by Crippen LogP contribution is 2.31. The van der Waals surface area contributed by atoms with Crippen LogP contribution in [0.5, 0.6) is 5.75 Å². The maximum atomic E-state index is 5.67. The molecule has 0 bridgehead atoms. The zero-order valence-electron chi connectivity index (χ0n) is 10.4. The highest BCUT2D eigenvalue weighted by molar-refractivity contribution is 6.18. The zero-order valence-corrected chi connectivity index (χ0v) is 11.2. The fraction of sp³-hybridized carbons (Fsp3) is 0.538. The van der Waals surface area contributed by atoms with Gasteiger partial charge in [0.15, 0.2) is 0 Å². The fourth-order valence-electron chi connectivity index (χ4n) is 1.49. The fourth-order valence-corrected chi connectivity index (χ4v) is 1.59. The Hall–Kier alpha value is -0.890. The van der Waals surface area contributed by atoms with Gasteiger partial charge in [-0.3, -0.25) is 0 Å². The van der Waals surface area contributed by atoms with Crippen LogP contribution in [0.2, 0.25) is 0 Å². The Morgan fingerprint density at radius 2 is 2.00 bits per heavy atom. The molecule has 0 aliphatic rings. The van der Waals surface area contributed by atoms with E-state index in [1.165, 1.54) is 5.56 Å². The average Bonchev–Trinajstić information content (AvgIpc) is 2.24. The van der Waals surface area contributed by atoms with E-state index in [9.17, 15) is 0 Å². The first-order chi connectivity index (χ1) is 7.49. The lowest BCUT2D eigenvalue weighted by Gasteiger charge is -2.21. The summed E-state index contributed by atoms with van der Waals surface area (Å²) in [6, 6.07) is 6.23. The number of hydrogen-bond donors (Lipinski definition) is 1. The standard InChI is InChI=1S/C13H20ClNO/c1-13(2,3)10-5-6-12(16-4)11(9-10)15-8-7-14/h5-6,9,15H,7-8H2,1-4H3. The molecule has 1 rings (SSSR count). The number of methoxy groups -OCH3 is 1. The number of benzene rings is 1. The molecule has 0 aliphatic carbocycles. The predicted octanol–water partition coefficient (Wildman–Crippen LogP) is 3.64. The van der Waals surface area contributed by atoms with E-state index in [-0.39, 0.29) is 5.41 Å². The van der Waals surface area contributed by atoms with E-state index < -0.39 is 0 Å². The van der Waals surface area contributed by atoms with Crippen LogP contribution >= 0.6 is 11.6 Å². The van der Waals surface area contributed by atoms with E-state index in [1.54, 1.807) is 7.11 Å². The summed E-state index contributed by atoms with van der Waals surface area (Å²) in [5, 5.41) is 3.27. The molecule has 3 heteroatoms. The largest absolute Gasteiger partial charge is 0.495 e. The Morgan fingerprint density at radius 3 is 2.50 bits per heavy atom. The molecule has 16 heavy (non-hydrogen) atoms. The van der Waals surface area contributed by atoms with Crippen molar-refractivity contribution in [2.24, 2.45) is 0 Å². The highest BCUT2D eigenvalue weighted by atomic mass is 35.5. The van der Waals surface area contributed by atoms with Crippen LogP contribution in [0.3, 0.4) is 0 Å². The number of rotatable bonds is 4. The van der Waals surface area contributed by atoms with Gasteiger partial charge in [-0.2, -0.15) is 0 Å². The smallest absolute Gasteiger partial charge is 0.141 e. The van der Waals surface area contributed by atoms with Gasteiger partial charge in [-0.1, -0.05) is 26.8 Å². The molecule has 1 aromatic carbocycles. The quantitative estimate of drug-likeness (QED) is 0.813. The monoisotopic (exact) mass is 241 g/mol. The van der Waals surface area contributed by atoms with Crippen molar-refractivity contribution in [2.75, 3.05) is 24.9 Å². The van der Waals surface area contributed by atoms with Gasteiger partial charge in [0.25, 0.3) is 0 Å². The normalized spacial score (nSPS) is 11.3. The first-order valence-corrected chi connectivity index (χ1v) is 6.01. The van der Waals surface area contributed by atoms with E-state index in [1.807, 2.05) is 6.07 Å². The lowest BCUT2D eigenvalue weighted by Crippen LogP contribution is -2.12. The molecule has 0 fully saturated rings. The Morgan fingerprint density at radius 1 is 1.31 bits per heavy atom. The van der Waals surface area contributed by atoms with Crippen molar-refractivity contribution in [1.29, 1.82) is 0 Å². The Kier molecular flexibility index (Phi) is 4.48. The van der Waals surface area contributed by atoms with Gasteiger partial charge in [0.05, 0.1) is 12.8 Å². The highest BCUT2D eigenvalue weighted by Gasteiger charge is 2.15. The molecule has 0 aromatic heterocycles. The van der Waals surface area contributed by atoms with Crippen LogP contribution in [0.15, 0.2) is 18.2 Å². The van der Waals surface area contributed by atoms with Gasteiger partial charge in [0, 0.05) is 12.4 Å². The van der Waals surface area contributed by atoms with Crippen molar-refractivity contribution in [3.05, 3.63) is 23.8 Å². The number of ether oxygens (including phenoxy) is 1. The van der Waals surface area contributed by atoms with E-state index in [2.05, 4.69) is 38.2 Å². The number of hydrogen-bond acceptors (Lipinski definition) is 2. The average molecular weight is 242 g/mol. The van der Waals surface area contributed by atoms with Crippen molar-refractivity contribution in [1.82, 2.24) is 0 Å². The molecule has 0 radical (unpaired) electrons. The van der Waals surface area contributed by atoms with Crippen molar-refractivity contribution >= 4 is 17.3 Å². The van der Waals surface area contributed by atoms with Crippen molar-refractivity contribution in [2.45, 2.75) is 26.2 Å². The zero-order chi connectivity index (χ0) is 12.2. The number of nitrogens with one attached hydrogen (secondary N) is 1. The third-order valence-electron chi connectivity index (χ3n) is 2.48. The van der Waals surface area contributed by atoms with Crippen molar-refractivity contribution in [3.8, 4) is 5.75 Å². The molecule has 0 aliphatic heterocycles. The second kappa shape index (κ2) is 5.44. The van der Waals surface area contributed by atoms with Crippen molar-refractivity contribution < 1.29 is 4.74 Å². The molecule has 0 saturated carbocycles. The first kappa shape index (κ1) is 13.2. The molecular formula is C13H20ClNO. The first-order valence-electron chi connectivity index (χ1n) is 5.47. The molecule has 0 atom stereocenters. The number of halogens is 1. The van der Waals surface area contributed by atoms with Gasteiger partial charge in [0.1, 0.15) is 5.75 Å². The molecular weight excluding hydrogens is 222 g/mol. The Bertz CT molecular complexity index is 344. The van der Waals surface area contributed by atoms with Crippen molar-refractivity contribution in [3.63, 3.8) is 0 Å². The second-order valence-electron chi connectivity index (χ2n) is 4.78. The summed E-state index contributed by atoms with van der Waals surface area (Å²) >= 11 is 5.67. The predicted molar refractivity (Wildman–Crippen MR) is 70.9 cm³/mol. The minimum Gasteiger partial charge on any atom is -0.495 e. The lowest BCUT2D eigenvalue weighted by atomic mass is 9.87. The molecule has 0 heterocycles. The van der Waals surface area contributed by atoms with Crippen LogP contribution in [0.4, 0.5) is 5.69 Å². The van der Waals surface area contributed by atoms with Crippen LogP contribution in [0.25, 0.3) is 0 Å². The maximum Gasteiger partial charge on any atom is 0.141 e. The summed E-state index contributed by atoms with van der Waals surface area (Å²) in [4.78, 5) is 0. The number of anilines is 1. The van der Waals surface area contributed by atoms with Gasteiger partial charge < -0.3 is 10.1 Å². The molecule has 1 aromatic rings. The SMILES string of the molecule is COc1ccc(C(C)(C)C)cc1NCCCl. The Labute approximate surface area is 103 Å². The van der Waals surface area contributed by atoms with Gasteiger partial charge in [-0.15, -0.1) is 11.6 Å². The molecule has 0 saturated heterocycles. The minimum atomic E-state index is 0.143. The summed E-state index contributed by atoms with van der Waals surface area (Å²) in [5.74, 6) is 1.45. The molecule has 90 valence electrons. The van der Waals surface area contributed by atoms with Gasteiger partial charge in [0.2, 0.25) is 0 Å². The molecule has 0 unspecified atom stereocenters. The van der Waals surface area contributed by atoms with Crippen LogP contribution in [-0.4, -0.2) is 19.5 Å². The molecule has 1 N–H and O–H groups in total. The maximum absolute atomic E-state index is 5.67. The van der Waals surface area contributed by atoms with Gasteiger partial charge >= 0.3 is 0 Å². The number of alkyl halides is 1. The van der Waals surface area contributed by atoms with Crippen LogP contribution in [0, 0.1) is 0 Å². The molecule has 0 spiro atoms. The third kappa shape index (κ3) is 3.31. The van der Waals surface area contributed by atoms with Gasteiger partial charge in [-0.25, -0.2) is 0 Å². The summed E-state index contributed by atoms with van der Waals surface area (Å²) < 4.78 is 5.30. The second-order valence-corrected chi connectivity index (χ2v) is 5.16. The third-order valence-corrected chi connectivity index (χ3v) is 2.66. The van der Waals surface area contributed by atoms with Gasteiger partial charge in [-0.05, 0) is 23.1 Å². The van der Waals surface area contributed by atoms with E-state index in [4.69, 9.17) is 16.3 Å². The summed E-state index contributed by atoms with van der Waals surface area (Å²) in [7, 11) is 1.68. The van der Waals surface area contributed by atoms with E-state index in [0.29, 0.717) is 5.88 Å². The van der Waals surface area contributed by atoms with E-state index >= 15 is 0 Å². The summed E-state index contributed by atoms with van der Waals surface area (Å²) in [6.45, 7) is 7.33. The molecule has 0 amide bonds. The topological polar surface area (TPSA) is 21.3 Å². The Balaban J connectivity index is 3.01. The van der Waals surface area contributed by atoms with E-state index in [0.717, 1.165) is 18.0 Å². The van der Waals surface area contributed by atoms with Crippen LogP contribution in [-0.2, 0) is 5.41 Å². The summed E-state index contributed by atoms with van der Waals surface area (Å²) in [6.07, 6.45) is 0. The summed E-state index contributed by atoms with van der Waals surface area (Å²) in [5.41, 5.74) is 2.44. The minimum absolute atomic E-state index is 0.143.